The van der Waals surface area contributed by atoms with Crippen molar-refractivity contribution in [2.24, 2.45) is 10.7 Å². The third-order valence-corrected chi connectivity index (χ3v) is 7.71. The molecule has 4 aromatic rings. The number of fused-ring (bicyclic) bond motifs is 1. The highest BCUT2D eigenvalue weighted by molar-refractivity contribution is 6.09. The van der Waals surface area contributed by atoms with Gasteiger partial charge in [-0.25, -0.2) is 13.8 Å². The van der Waals surface area contributed by atoms with E-state index in [2.05, 4.69) is 4.99 Å². The number of halogens is 2. The van der Waals surface area contributed by atoms with E-state index in [9.17, 15) is 18.4 Å². The maximum atomic E-state index is 14.2. The van der Waals surface area contributed by atoms with Crippen LogP contribution < -0.4 is 5.73 Å². The van der Waals surface area contributed by atoms with E-state index >= 15 is 0 Å². The van der Waals surface area contributed by atoms with E-state index in [-0.39, 0.29) is 11.9 Å². The first-order valence-corrected chi connectivity index (χ1v) is 12.9. The molecule has 6 nitrogen and oxygen atoms in total. The molecular weight excluding hydrogens is 510 g/mol. The van der Waals surface area contributed by atoms with Crippen LogP contribution in [0.4, 0.5) is 8.78 Å². The second-order valence-electron chi connectivity index (χ2n) is 10.1. The Kier molecular flexibility index (Phi) is 6.18. The summed E-state index contributed by atoms with van der Waals surface area (Å²) in [7, 11) is 0. The van der Waals surface area contributed by atoms with Crippen LogP contribution in [0.3, 0.4) is 0 Å². The normalized spacial score (nSPS) is 16.6. The molecule has 2 aliphatic rings. The Labute approximate surface area is 230 Å². The first-order valence-electron chi connectivity index (χ1n) is 12.9. The minimum Gasteiger partial charge on any atom is -0.369 e. The highest BCUT2D eigenvalue weighted by atomic mass is 19.1. The number of guanidine groups is 1. The first-order chi connectivity index (χ1) is 19.3. The maximum Gasteiger partial charge on any atom is 0.267 e. The van der Waals surface area contributed by atoms with Crippen molar-refractivity contribution in [2.75, 3.05) is 0 Å². The lowest BCUT2D eigenvalue weighted by molar-refractivity contribution is -0.131. The SMILES string of the molecule is C[C@@H](c1cccc(C(=O)N2Cc3ccccc3C2)c1)N1C(=O)C(c2ccc(F)cc2)(c2ccc(F)cc2)N=C1N. The molecular formula is C32H26F2N4O2. The third kappa shape index (κ3) is 4.12. The molecule has 0 saturated carbocycles. The summed E-state index contributed by atoms with van der Waals surface area (Å²) < 4.78 is 27.6. The van der Waals surface area contributed by atoms with E-state index in [1.165, 1.54) is 53.4 Å². The summed E-state index contributed by atoms with van der Waals surface area (Å²) in [6, 6.07) is 25.4. The molecule has 0 aliphatic carbocycles. The minimum absolute atomic E-state index is 0.0297. The number of carbonyl (C=O) groups excluding carboxylic acids is 2. The highest BCUT2D eigenvalue weighted by Crippen LogP contribution is 2.42. The van der Waals surface area contributed by atoms with Crippen LogP contribution in [-0.4, -0.2) is 27.6 Å². The number of rotatable bonds is 5. The van der Waals surface area contributed by atoms with E-state index in [4.69, 9.17) is 5.73 Å². The molecule has 2 aliphatic heterocycles. The molecule has 6 rings (SSSR count). The molecule has 4 aromatic carbocycles. The largest absolute Gasteiger partial charge is 0.369 e. The number of nitrogens with zero attached hydrogens (tertiary/aromatic N) is 3. The summed E-state index contributed by atoms with van der Waals surface area (Å²) in [6.07, 6.45) is 0. The summed E-state index contributed by atoms with van der Waals surface area (Å²) in [5, 5.41) is 0. The summed E-state index contributed by atoms with van der Waals surface area (Å²) in [5.74, 6) is -1.52. The Morgan fingerprint density at radius 2 is 1.40 bits per heavy atom. The zero-order valence-corrected chi connectivity index (χ0v) is 21.7. The van der Waals surface area contributed by atoms with Crippen LogP contribution in [0.25, 0.3) is 0 Å². The van der Waals surface area contributed by atoms with Gasteiger partial charge in [-0.3, -0.25) is 14.5 Å². The molecule has 0 saturated heterocycles. The fourth-order valence-corrected chi connectivity index (χ4v) is 5.59. The van der Waals surface area contributed by atoms with Gasteiger partial charge in [0.25, 0.3) is 11.8 Å². The predicted octanol–water partition coefficient (Wildman–Crippen LogP) is 5.28. The Hall–Kier alpha value is -4.85. The average molecular weight is 537 g/mol. The number of benzene rings is 4. The smallest absolute Gasteiger partial charge is 0.267 e. The van der Waals surface area contributed by atoms with Crippen LogP contribution in [0.2, 0.25) is 0 Å². The average Bonchev–Trinajstić information content (AvgIpc) is 3.52. The lowest BCUT2D eigenvalue weighted by atomic mass is 9.82. The zero-order chi connectivity index (χ0) is 28.0. The fourth-order valence-electron chi connectivity index (χ4n) is 5.59. The van der Waals surface area contributed by atoms with Gasteiger partial charge >= 0.3 is 0 Å². The molecule has 0 spiro atoms. The van der Waals surface area contributed by atoms with E-state index in [1.807, 2.05) is 30.3 Å². The Balaban J connectivity index is 1.33. The molecule has 0 unspecified atom stereocenters. The van der Waals surface area contributed by atoms with Gasteiger partial charge in [0.05, 0.1) is 6.04 Å². The first kappa shape index (κ1) is 25.4. The number of aliphatic imine (C=N–C) groups is 1. The molecule has 0 radical (unpaired) electrons. The molecule has 200 valence electrons. The Morgan fingerprint density at radius 1 is 0.850 bits per heavy atom. The molecule has 0 bridgehead atoms. The molecule has 1 atom stereocenters. The van der Waals surface area contributed by atoms with Crippen molar-refractivity contribution in [1.29, 1.82) is 0 Å². The van der Waals surface area contributed by atoms with Crippen molar-refractivity contribution in [3.05, 3.63) is 142 Å². The van der Waals surface area contributed by atoms with Gasteiger partial charge < -0.3 is 10.6 Å². The Bertz CT molecular complexity index is 1580. The van der Waals surface area contributed by atoms with Gasteiger partial charge in [-0.15, -0.1) is 0 Å². The number of hydrogen-bond acceptors (Lipinski definition) is 4. The molecule has 0 fully saturated rings. The van der Waals surface area contributed by atoms with E-state index in [1.54, 1.807) is 30.0 Å². The quantitative estimate of drug-likeness (QED) is 0.377. The number of hydrogen-bond donors (Lipinski definition) is 1. The molecule has 0 aromatic heterocycles. The van der Waals surface area contributed by atoms with E-state index in [0.29, 0.717) is 35.3 Å². The highest BCUT2D eigenvalue weighted by Gasteiger charge is 2.52. The fraction of sp³-hybridized carbons (Fsp3) is 0.156. The van der Waals surface area contributed by atoms with Crippen LogP contribution in [0.15, 0.2) is 102 Å². The van der Waals surface area contributed by atoms with Gasteiger partial charge in [-0.05, 0) is 71.1 Å². The monoisotopic (exact) mass is 536 g/mol. The number of amides is 2. The third-order valence-electron chi connectivity index (χ3n) is 7.71. The number of carbonyl (C=O) groups is 2. The second kappa shape index (κ2) is 9.72. The minimum atomic E-state index is -1.62. The molecule has 2 heterocycles. The van der Waals surface area contributed by atoms with Crippen molar-refractivity contribution in [3.63, 3.8) is 0 Å². The molecule has 2 N–H and O–H groups in total. The van der Waals surface area contributed by atoms with Gasteiger partial charge in [-0.2, -0.15) is 0 Å². The van der Waals surface area contributed by atoms with Crippen molar-refractivity contribution >= 4 is 17.8 Å². The van der Waals surface area contributed by atoms with Gasteiger partial charge in [-0.1, -0.05) is 60.7 Å². The Morgan fingerprint density at radius 3 is 1.95 bits per heavy atom. The van der Waals surface area contributed by atoms with Crippen LogP contribution >= 0.6 is 0 Å². The van der Waals surface area contributed by atoms with Crippen molar-refractivity contribution in [3.8, 4) is 0 Å². The summed E-state index contributed by atoms with van der Waals surface area (Å²) >= 11 is 0. The van der Waals surface area contributed by atoms with Gasteiger partial charge in [0.2, 0.25) is 0 Å². The molecule has 40 heavy (non-hydrogen) atoms. The lowest BCUT2D eigenvalue weighted by Crippen LogP contribution is -2.44. The molecule has 2 amide bonds. The van der Waals surface area contributed by atoms with Gasteiger partial charge in [0.15, 0.2) is 11.5 Å². The standard InChI is InChI=1S/C32H26F2N4O2/c1-20(21-7-4-8-22(17-21)29(39)37-18-23-5-2-3-6-24(23)19-37)38-30(40)32(36-31(38)35,25-9-13-27(33)14-10-25)26-11-15-28(34)16-12-26/h2-17,20H,18-19H2,1H3,(H2,35,36)/t20-/m0/s1. The topological polar surface area (TPSA) is 79.0 Å². The second-order valence-corrected chi connectivity index (χ2v) is 10.1. The van der Waals surface area contributed by atoms with Crippen molar-refractivity contribution in [1.82, 2.24) is 9.80 Å². The van der Waals surface area contributed by atoms with Crippen LogP contribution in [-0.2, 0) is 23.4 Å². The summed E-state index contributed by atoms with van der Waals surface area (Å²) in [5.41, 5.74) is 9.04. The van der Waals surface area contributed by atoms with Crippen LogP contribution in [0.1, 0.15) is 51.1 Å². The van der Waals surface area contributed by atoms with E-state index in [0.717, 1.165) is 11.1 Å². The predicted molar refractivity (Wildman–Crippen MR) is 147 cm³/mol. The van der Waals surface area contributed by atoms with Crippen LogP contribution in [0, 0.1) is 11.6 Å². The van der Waals surface area contributed by atoms with Gasteiger partial charge in [0, 0.05) is 18.7 Å². The summed E-state index contributed by atoms with van der Waals surface area (Å²) in [6.45, 7) is 2.88. The van der Waals surface area contributed by atoms with Crippen LogP contribution in [0.5, 0.6) is 0 Å². The zero-order valence-electron chi connectivity index (χ0n) is 21.7. The number of nitrogens with two attached hydrogens (primary N) is 1. The maximum absolute atomic E-state index is 14.2. The summed E-state index contributed by atoms with van der Waals surface area (Å²) in [4.78, 5) is 35.4. The van der Waals surface area contributed by atoms with Gasteiger partial charge in [0.1, 0.15) is 11.6 Å². The van der Waals surface area contributed by atoms with Crippen molar-refractivity contribution < 1.29 is 18.4 Å². The lowest BCUT2D eigenvalue weighted by Gasteiger charge is -2.30. The molecule has 8 heteroatoms. The van der Waals surface area contributed by atoms with Crippen molar-refractivity contribution in [2.45, 2.75) is 31.6 Å². The van der Waals surface area contributed by atoms with E-state index < -0.39 is 29.1 Å².